The number of aromatic nitrogens is 4. The Labute approximate surface area is 290 Å². The van der Waals surface area contributed by atoms with Crippen molar-refractivity contribution in [3.8, 4) is 39.9 Å². The number of hydrogen-bond donors (Lipinski definition) is 0. The summed E-state index contributed by atoms with van der Waals surface area (Å²) in [5.41, 5.74) is 9.39. The zero-order valence-electron chi connectivity index (χ0n) is 27.1. The van der Waals surface area contributed by atoms with Crippen LogP contribution in [-0.2, 0) is 0 Å². The molecule has 0 aliphatic rings. The summed E-state index contributed by atoms with van der Waals surface area (Å²) in [5, 5.41) is 6.61. The average molecular weight is 655 g/mol. The summed E-state index contributed by atoms with van der Waals surface area (Å²) >= 11 is 0. The van der Waals surface area contributed by atoms with Crippen LogP contribution in [-0.4, -0.2) is 19.5 Å². The molecule has 0 atom stereocenters. The molecule has 0 spiro atoms. The van der Waals surface area contributed by atoms with Crippen molar-refractivity contribution in [2.24, 2.45) is 0 Å². The Balaban J connectivity index is 1.12. The van der Waals surface area contributed by atoms with Gasteiger partial charge in [0.2, 0.25) is 0 Å². The van der Waals surface area contributed by atoms with Crippen molar-refractivity contribution in [1.82, 2.24) is 19.5 Å². The van der Waals surface area contributed by atoms with Crippen LogP contribution < -0.4 is 0 Å². The lowest BCUT2D eigenvalue weighted by Crippen LogP contribution is -2.01. The van der Waals surface area contributed by atoms with Gasteiger partial charge in [-0.3, -0.25) is 0 Å². The fourth-order valence-electron chi connectivity index (χ4n) is 7.60. The molecule has 0 aliphatic carbocycles. The lowest BCUT2D eigenvalue weighted by Gasteiger charge is -2.11. The summed E-state index contributed by atoms with van der Waals surface area (Å²) in [6, 6.07) is 53.8. The Morgan fingerprint density at radius 2 is 0.941 bits per heavy atom. The van der Waals surface area contributed by atoms with E-state index in [-0.39, 0.29) is 0 Å². The molecule has 0 bridgehead atoms. The third kappa shape index (κ3) is 4.20. The van der Waals surface area contributed by atoms with Gasteiger partial charge in [-0.1, -0.05) is 97.1 Å². The lowest BCUT2D eigenvalue weighted by molar-refractivity contribution is 0.668. The Kier molecular flexibility index (Phi) is 5.86. The minimum Gasteiger partial charge on any atom is -0.456 e. The molecule has 11 aromatic rings. The quantitative estimate of drug-likeness (QED) is 0.189. The molecule has 0 fully saturated rings. The molecule has 0 aliphatic heterocycles. The SMILES string of the molecule is c1ccc(-c2nc(-c3ccc(-n4c5ccccc5c5ccc6oc7ccccc7c6c54)cc3)nc(-c3cccc4oc5ccccc5c34)n2)cc1. The highest BCUT2D eigenvalue weighted by molar-refractivity contribution is 6.24. The van der Waals surface area contributed by atoms with Gasteiger partial charge >= 0.3 is 0 Å². The van der Waals surface area contributed by atoms with Gasteiger partial charge in [0.15, 0.2) is 17.5 Å². The van der Waals surface area contributed by atoms with Crippen molar-refractivity contribution in [1.29, 1.82) is 0 Å². The van der Waals surface area contributed by atoms with E-state index in [4.69, 9.17) is 23.8 Å². The summed E-state index contributed by atoms with van der Waals surface area (Å²) < 4.78 is 14.9. The zero-order chi connectivity index (χ0) is 33.5. The second-order valence-corrected chi connectivity index (χ2v) is 12.8. The molecule has 0 saturated carbocycles. The first kappa shape index (κ1) is 27.9. The molecule has 7 aromatic carbocycles. The minimum absolute atomic E-state index is 0.594. The Bertz CT molecular complexity index is 3140. The molecule has 4 aromatic heterocycles. The molecule has 238 valence electrons. The van der Waals surface area contributed by atoms with E-state index in [9.17, 15) is 0 Å². The molecule has 6 heteroatoms. The Morgan fingerprint density at radius 3 is 1.69 bits per heavy atom. The number of hydrogen-bond acceptors (Lipinski definition) is 5. The number of rotatable bonds is 4. The maximum Gasteiger partial charge on any atom is 0.164 e. The van der Waals surface area contributed by atoms with Gasteiger partial charge in [0.05, 0.1) is 16.4 Å². The van der Waals surface area contributed by atoms with E-state index >= 15 is 0 Å². The van der Waals surface area contributed by atoms with Crippen molar-refractivity contribution in [3.05, 3.63) is 158 Å². The second kappa shape index (κ2) is 10.7. The van der Waals surface area contributed by atoms with E-state index in [2.05, 4.69) is 89.5 Å². The molecule has 11 rings (SSSR count). The van der Waals surface area contributed by atoms with E-state index in [1.807, 2.05) is 72.8 Å². The van der Waals surface area contributed by atoms with E-state index in [1.165, 1.54) is 10.8 Å². The molecule has 4 heterocycles. The van der Waals surface area contributed by atoms with Crippen molar-refractivity contribution < 1.29 is 8.83 Å². The molecular weight excluding hydrogens is 629 g/mol. The van der Waals surface area contributed by atoms with Crippen LogP contribution in [0.3, 0.4) is 0 Å². The smallest absolute Gasteiger partial charge is 0.164 e. The van der Waals surface area contributed by atoms with E-state index in [1.54, 1.807) is 0 Å². The zero-order valence-corrected chi connectivity index (χ0v) is 27.1. The van der Waals surface area contributed by atoms with Crippen LogP contribution >= 0.6 is 0 Å². The van der Waals surface area contributed by atoms with Crippen LogP contribution in [0, 0.1) is 0 Å². The van der Waals surface area contributed by atoms with Gasteiger partial charge in [-0.2, -0.15) is 0 Å². The summed E-state index contributed by atoms with van der Waals surface area (Å²) in [6.07, 6.45) is 0. The number of nitrogens with zero attached hydrogens (tertiary/aromatic N) is 4. The molecule has 51 heavy (non-hydrogen) atoms. The molecule has 0 radical (unpaired) electrons. The monoisotopic (exact) mass is 654 g/mol. The van der Waals surface area contributed by atoms with Crippen LogP contribution in [0.25, 0.3) is 106 Å². The number of fused-ring (bicyclic) bond motifs is 10. The van der Waals surface area contributed by atoms with E-state index in [0.717, 1.165) is 77.3 Å². The Morgan fingerprint density at radius 1 is 0.373 bits per heavy atom. The summed E-state index contributed by atoms with van der Waals surface area (Å²) in [6.45, 7) is 0. The summed E-state index contributed by atoms with van der Waals surface area (Å²) in [7, 11) is 0. The lowest BCUT2D eigenvalue weighted by atomic mass is 10.1. The molecular formula is C45H26N4O2. The molecule has 0 N–H and O–H groups in total. The first-order valence-corrected chi connectivity index (χ1v) is 16.9. The third-order valence-corrected chi connectivity index (χ3v) is 9.87. The molecule has 0 amide bonds. The maximum atomic E-state index is 6.32. The van der Waals surface area contributed by atoms with Gasteiger partial charge in [0.1, 0.15) is 22.3 Å². The normalized spacial score (nSPS) is 11.9. The average Bonchev–Trinajstić information content (AvgIpc) is 3.87. The summed E-state index contributed by atoms with van der Waals surface area (Å²) in [5.74, 6) is 1.80. The second-order valence-electron chi connectivity index (χ2n) is 12.8. The van der Waals surface area contributed by atoms with Crippen LogP contribution in [0.5, 0.6) is 0 Å². The fourth-order valence-corrected chi connectivity index (χ4v) is 7.60. The highest BCUT2D eigenvalue weighted by Gasteiger charge is 2.20. The van der Waals surface area contributed by atoms with Gasteiger partial charge in [-0.05, 0) is 60.7 Å². The predicted molar refractivity (Wildman–Crippen MR) is 205 cm³/mol. The van der Waals surface area contributed by atoms with Gasteiger partial charge in [0.25, 0.3) is 0 Å². The van der Waals surface area contributed by atoms with Crippen molar-refractivity contribution in [2.45, 2.75) is 0 Å². The van der Waals surface area contributed by atoms with Crippen LogP contribution in [0.1, 0.15) is 0 Å². The Hall–Kier alpha value is -7.05. The van der Waals surface area contributed by atoms with Crippen molar-refractivity contribution in [2.75, 3.05) is 0 Å². The highest BCUT2D eigenvalue weighted by Crippen LogP contribution is 2.41. The molecule has 0 saturated heterocycles. The van der Waals surface area contributed by atoms with E-state index in [0.29, 0.717) is 17.5 Å². The van der Waals surface area contributed by atoms with Gasteiger partial charge in [-0.25, -0.2) is 15.0 Å². The molecule has 0 unspecified atom stereocenters. The fraction of sp³-hybridized carbons (Fsp3) is 0. The largest absolute Gasteiger partial charge is 0.456 e. The first-order chi connectivity index (χ1) is 25.3. The number of furan rings is 2. The van der Waals surface area contributed by atoms with Gasteiger partial charge in [-0.15, -0.1) is 0 Å². The number of benzene rings is 7. The van der Waals surface area contributed by atoms with E-state index < -0.39 is 0 Å². The van der Waals surface area contributed by atoms with Crippen molar-refractivity contribution >= 4 is 65.7 Å². The topological polar surface area (TPSA) is 69.9 Å². The first-order valence-electron chi connectivity index (χ1n) is 16.9. The van der Waals surface area contributed by atoms with Crippen LogP contribution in [0.4, 0.5) is 0 Å². The predicted octanol–water partition coefficient (Wildman–Crippen LogP) is 11.8. The van der Waals surface area contributed by atoms with Gasteiger partial charge in [0, 0.05) is 49.3 Å². The summed E-state index contributed by atoms with van der Waals surface area (Å²) in [4.78, 5) is 15.2. The third-order valence-electron chi connectivity index (χ3n) is 9.87. The minimum atomic E-state index is 0.594. The van der Waals surface area contributed by atoms with Crippen LogP contribution in [0.15, 0.2) is 167 Å². The highest BCUT2D eigenvalue weighted by atomic mass is 16.3. The van der Waals surface area contributed by atoms with Crippen molar-refractivity contribution in [3.63, 3.8) is 0 Å². The standard InChI is InChI=1S/C45H26N4O2/c1-2-11-27(12-3-1)43-46-44(48-45(47-43)34-16-10-20-38-40(34)32-14-5-8-18-36(32)50-38)28-21-23-29(24-22-28)49-35-17-7-4-13-30(35)31-25-26-39-41(42(31)49)33-15-6-9-19-37(33)51-39/h1-26H. The molecule has 6 nitrogen and oxygen atoms in total. The van der Waals surface area contributed by atoms with Gasteiger partial charge < -0.3 is 13.4 Å². The van der Waals surface area contributed by atoms with Crippen LogP contribution in [0.2, 0.25) is 0 Å². The maximum absolute atomic E-state index is 6.32. The number of para-hydroxylation sites is 3.